The number of carbonyl (C=O) groups is 1. The van der Waals surface area contributed by atoms with E-state index in [1.165, 1.54) is 7.11 Å². The summed E-state index contributed by atoms with van der Waals surface area (Å²) < 4.78 is 11.4. The first-order valence-corrected chi connectivity index (χ1v) is 5.02. The Balaban J connectivity index is 2.46. The van der Waals surface area contributed by atoms with Gasteiger partial charge < -0.3 is 14.8 Å². The van der Waals surface area contributed by atoms with Gasteiger partial charge in [-0.05, 0) is 13.5 Å². The van der Waals surface area contributed by atoms with Crippen LogP contribution in [-0.2, 0) is 16.1 Å². The predicted molar refractivity (Wildman–Crippen MR) is 58.3 cm³/mol. The highest BCUT2D eigenvalue weighted by atomic mass is 16.5. The molecule has 1 unspecified atom stereocenters. The van der Waals surface area contributed by atoms with E-state index in [1.54, 1.807) is 31.2 Å². The Kier molecular flexibility index (Phi) is 4.78. The van der Waals surface area contributed by atoms with E-state index in [4.69, 9.17) is 4.74 Å². The van der Waals surface area contributed by atoms with Gasteiger partial charge in [0.15, 0.2) is 5.75 Å². The van der Waals surface area contributed by atoms with Crippen LogP contribution in [0, 0.1) is 0 Å². The molecule has 0 aromatic carbocycles. The van der Waals surface area contributed by atoms with Crippen molar-refractivity contribution in [3.8, 4) is 5.75 Å². The summed E-state index contributed by atoms with van der Waals surface area (Å²) in [6.45, 7) is 0.629. The number of hydrogen-bond donors (Lipinski definition) is 1. The Hall–Kier alpha value is -1.56. The van der Waals surface area contributed by atoms with Crippen molar-refractivity contribution in [1.82, 2.24) is 15.1 Å². The maximum absolute atomic E-state index is 11.3. The fourth-order valence-corrected chi connectivity index (χ4v) is 1.36. The Labute approximate surface area is 94.5 Å². The first-order chi connectivity index (χ1) is 7.71. The molecule has 0 radical (unpaired) electrons. The number of methoxy groups -OCH3 is 2. The van der Waals surface area contributed by atoms with E-state index in [1.807, 2.05) is 0 Å². The van der Waals surface area contributed by atoms with Gasteiger partial charge >= 0.3 is 5.97 Å². The average Bonchev–Trinajstić information content (AvgIpc) is 2.77. The number of esters is 1. The SMILES string of the molecule is CNC(CCn1cc(OC)cn1)C(=O)OC. The van der Waals surface area contributed by atoms with Crippen molar-refractivity contribution in [2.24, 2.45) is 0 Å². The second kappa shape index (κ2) is 6.12. The lowest BCUT2D eigenvalue weighted by Crippen LogP contribution is -2.35. The molecule has 0 aliphatic rings. The minimum Gasteiger partial charge on any atom is -0.493 e. The Bertz CT molecular complexity index is 338. The van der Waals surface area contributed by atoms with Crippen LogP contribution in [0.3, 0.4) is 0 Å². The van der Waals surface area contributed by atoms with Gasteiger partial charge in [0.05, 0.1) is 26.6 Å². The Morgan fingerprint density at radius 3 is 2.88 bits per heavy atom. The van der Waals surface area contributed by atoms with Crippen LogP contribution in [0.25, 0.3) is 0 Å². The molecule has 1 N–H and O–H groups in total. The fourth-order valence-electron chi connectivity index (χ4n) is 1.36. The quantitative estimate of drug-likeness (QED) is 0.695. The standard InChI is InChI=1S/C10H17N3O3/c1-11-9(10(14)16-3)4-5-13-7-8(15-2)6-12-13/h6-7,9,11H,4-5H2,1-3H3. The highest BCUT2D eigenvalue weighted by molar-refractivity contribution is 5.75. The van der Waals surface area contributed by atoms with Gasteiger partial charge in [-0.3, -0.25) is 9.48 Å². The van der Waals surface area contributed by atoms with Crippen molar-refractivity contribution in [2.75, 3.05) is 21.3 Å². The third kappa shape index (κ3) is 3.23. The largest absolute Gasteiger partial charge is 0.493 e. The van der Waals surface area contributed by atoms with E-state index >= 15 is 0 Å². The average molecular weight is 227 g/mol. The topological polar surface area (TPSA) is 65.4 Å². The van der Waals surface area contributed by atoms with E-state index < -0.39 is 0 Å². The summed E-state index contributed by atoms with van der Waals surface area (Å²) in [5.74, 6) is 0.445. The van der Waals surface area contributed by atoms with E-state index in [0.29, 0.717) is 18.7 Å². The zero-order valence-electron chi connectivity index (χ0n) is 9.77. The number of rotatable bonds is 6. The number of nitrogens with zero attached hydrogens (tertiary/aromatic N) is 2. The maximum atomic E-state index is 11.3. The number of likely N-dealkylation sites (N-methyl/N-ethyl adjacent to an activating group) is 1. The molecule has 1 aromatic rings. The summed E-state index contributed by atoms with van der Waals surface area (Å²) >= 11 is 0. The highest BCUT2D eigenvalue weighted by Gasteiger charge is 2.16. The molecule has 0 amide bonds. The smallest absolute Gasteiger partial charge is 0.322 e. The van der Waals surface area contributed by atoms with Crippen molar-refractivity contribution in [1.29, 1.82) is 0 Å². The highest BCUT2D eigenvalue weighted by Crippen LogP contribution is 2.07. The van der Waals surface area contributed by atoms with Crippen LogP contribution in [0.15, 0.2) is 12.4 Å². The summed E-state index contributed by atoms with van der Waals surface area (Å²) in [4.78, 5) is 11.3. The van der Waals surface area contributed by atoms with Gasteiger partial charge in [-0.15, -0.1) is 0 Å². The van der Waals surface area contributed by atoms with Crippen molar-refractivity contribution in [3.63, 3.8) is 0 Å². The Morgan fingerprint density at radius 1 is 1.62 bits per heavy atom. The molecule has 6 heteroatoms. The number of carbonyl (C=O) groups excluding carboxylic acids is 1. The Morgan fingerprint density at radius 2 is 2.38 bits per heavy atom. The zero-order valence-corrected chi connectivity index (χ0v) is 9.77. The van der Waals surface area contributed by atoms with Crippen molar-refractivity contribution >= 4 is 5.97 Å². The first-order valence-electron chi connectivity index (χ1n) is 5.02. The van der Waals surface area contributed by atoms with Gasteiger partial charge in [-0.2, -0.15) is 5.10 Å². The van der Waals surface area contributed by atoms with Crippen LogP contribution in [0.4, 0.5) is 0 Å². The lowest BCUT2D eigenvalue weighted by molar-refractivity contribution is -0.143. The summed E-state index contributed by atoms with van der Waals surface area (Å²) in [7, 11) is 4.70. The van der Waals surface area contributed by atoms with E-state index in [9.17, 15) is 4.79 Å². The normalized spacial score (nSPS) is 12.2. The molecule has 1 atom stereocenters. The third-order valence-electron chi connectivity index (χ3n) is 2.33. The van der Waals surface area contributed by atoms with Crippen LogP contribution in [-0.4, -0.2) is 43.1 Å². The second-order valence-electron chi connectivity index (χ2n) is 3.30. The molecule has 0 aliphatic carbocycles. The summed E-state index contributed by atoms with van der Waals surface area (Å²) in [5, 5.41) is 6.99. The minimum atomic E-state index is -0.305. The molecule has 1 heterocycles. The van der Waals surface area contributed by atoms with Crippen LogP contribution >= 0.6 is 0 Å². The maximum Gasteiger partial charge on any atom is 0.322 e. The summed E-state index contributed by atoms with van der Waals surface area (Å²) in [6.07, 6.45) is 4.03. The second-order valence-corrected chi connectivity index (χ2v) is 3.30. The number of nitrogens with one attached hydrogen (secondary N) is 1. The van der Waals surface area contributed by atoms with Crippen LogP contribution in [0.5, 0.6) is 5.75 Å². The molecular weight excluding hydrogens is 210 g/mol. The van der Waals surface area contributed by atoms with Crippen LogP contribution < -0.4 is 10.1 Å². The molecule has 0 spiro atoms. The molecule has 1 aromatic heterocycles. The molecule has 6 nitrogen and oxygen atoms in total. The van der Waals surface area contributed by atoms with Gasteiger partial charge in [-0.1, -0.05) is 0 Å². The van der Waals surface area contributed by atoms with Gasteiger partial charge in [0.25, 0.3) is 0 Å². The minimum absolute atomic E-state index is 0.262. The number of hydrogen-bond acceptors (Lipinski definition) is 5. The molecule has 0 saturated heterocycles. The molecule has 0 fully saturated rings. The van der Waals surface area contributed by atoms with Crippen LogP contribution in [0.1, 0.15) is 6.42 Å². The summed E-state index contributed by atoms with van der Waals surface area (Å²) in [5.41, 5.74) is 0. The monoisotopic (exact) mass is 227 g/mol. The van der Waals surface area contributed by atoms with Crippen LogP contribution in [0.2, 0.25) is 0 Å². The number of aryl methyl sites for hydroxylation is 1. The lowest BCUT2D eigenvalue weighted by Gasteiger charge is -2.12. The number of aromatic nitrogens is 2. The van der Waals surface area contributed by atoms with Gasteiger partial charge in [0, 0.05) is 6.54 Å². The number of ether oxygens (including phenoxy) is 2. The van der Waals surface area contributed by atoms with Gasteiger partial charge in [0.2, 0.25) is 0 Å². The third-order valence-corrected chi connectivity index (χ3v) is 2.33. The molecule has 16 heavy (non-hydrogen) atoms. The predicted octanol–water partition coefficient (Wildman–Crippen LogP) is 0.0428. The molecule has 0 bridgehead atoms. The fraction of sp³-hybridized carbons (Fsp3) is 0.600. The summed E-state index contributed by atoms with van der Waals surface area (Å²) in [6, 6.07) is -0.305. The molecular formula is C10H17N3O3. The van der Waals surface area contributed by atoms with E-state index in [2.05, 4.69) is 15.2 Å². The molecule has 90 valence electrons. The van der Waals surface area contributed by atoms with Crippen molar-refractivity contribution in [3.05, 3.63) is 12.4 Å². The molecule has 0 saturated carbocycles. The van der Waals surface area contributed by atoms with Gasteiger partial charge in [-0.25, -0.2) is 0 Å². The van der Waals surface area contributed by atoms with E-state index in [-0.39, 0.29) is 12.0 Å². The lowest BCUT2D eigenvalue weighted by atomic mass is 10.2. The molecule has 0 aliphatic heterocycles. The van der Waals surface area contributed by atoms with E-state index in [0.717, 1.165) is 0 Å². The zero-order chi connectivity index (χ0) is 12.0. The molecule has 1 rings (SSSR count). The first kappa shape index (κ1) is 12.5. The van der Waals surface area contributed by atoms with Crippen molar-refractivity contribution < 1.29 is 14.3 Å². The van der Waals surface area contributed by atoms with Crippen molar-refractivity contribution in [2.45, 2.75) is 19.0 Å². The van der Waals surface area contributed by atoms with Gasteiger partial charge in [0.1, 0.15) is 6.04 Å².